The maximum absolute atomic E-state index is 13.2. The Balaban J connectivity index is 2.58. The van der Waals surface area contributed by atoms with Gasteiger partial charge in [0.1, 0.15) is 5.82 Å². The summed E-state index contributed by atoms with van der Waals surface area (Å²) in [4.78, 5) is 13.8. The van der Waals surface area contributed by atoms with E-state index in [9.17, 15) is 9.18 Å². The molecule has 76 valence electrons. The Morgan fingerprint density at radius 1 is 1.47 bits per heavy atom. The number of allylic oxidation sites excluding steroid dienone is 1. The molecule has 0 fully saturated rings. The van der Waals surface area contributed by atoms with Gasteiger partial charge in [0.05, 0.1) is 5.52 Å². The van der Waals surface area contributed by atoms with Gasteiger partial charge in [0, 0.05) is 17.1 Å². The summed E-state index contributed by atoms with van der Waals surface area (Å²) in [5, 5.41) is 0.804. The highest BCUT2D eigenvalue weighted by molar-refractivity contribution is 5.95. The molecule has 0 amide bonds. The number of H-pyrrole nitrogens is 1. The van der Waals surface area contributed by atoms with Crippen molar-refractivity contribution < 1.29 is 9.18 Å². The van der Waals surface area contributed by atoms with E-state index in [1.54, 1.807) is 18.3 Å². The van der Waals surface area contributed by atoms with Crippen molar-refractivity contribution in [1.29, 1.82) is 0 Å². The van der Waals surface area contributed by atoms with Crippen molar-refractivity contribution in [3.05, 3.63) is 41.9 Å². The van der Waals surface area contributed by atoms with Gasteiger partial charge < -0.3 is 4.98 Å². The Morgan fingerprint density at radius 3 is 3.00 bits per heavy atom. The first kappa shape index (κ1) is 9.65. The molecular weight excluding hydrogens is 193 g/mol. The zero-order valence-electron chi connectivity index (χ0n) is 8.25. The molecule has 2 nitrogen and oxygen atoms in total. The maximum atomic E-state index is 13.2. The number of fused-ring (bicyclic) bond motifs is 1. The molecule has 0 atom stereocenters. The second-order valence-electron chi connectivity index (χ2n) is 3.38. The van der Waals surface area contributed by atoms with Gasteiger partial charge in [-0.15, -0.1) is 0 Å². The van der Waals surface area contributed by atoms with Gasteiger partial charge in [-0.05, 0) is 37.3 Å². The molecule has 0 aliphatic rings. The quantitative estimate of drug-likeness (QED) is 0.748. The smallest absolute Gasteiger partial charge is 0.152 e. The Labute approximate surface area is 86.4 Å². The molecule has 1 aromatic heterocycles. The first-order valence-electron chi connectivity index (χ1n) is 4.62. The Bertz CT molecular complexity index is 540. The fraction of sp³-hybridized carbons (Fsp3) is 0.0833. The summed E-state index contributed by atoms with van der Waals surface area (Å²) in [5.41, 5.74) is 1.53. The first-order valence-corrected chi connectivity index (χ1v) is 4.62. The minimum absolute atomic E-state index is 0.0565. The standard InChI is InChI=1S/C12H10FNO/c1-8(15)2-3-9-6-11(13)7-10-4-5-14-12(9)10/h2-7,14H,1H3. The summed E-state index contributed by atoms with van der Waals surface area (Å²) in [5.74, 6) is -0.357. The summed E-state index contributed by atoms with van der Waals surface area (Å²) in [6.45, 7) is 1.46. The minimum atomic E-state index is -0.301. The van der Waals surface area contributed by atoms with Crippen molar-refractivity contribution in [1.82, 2.24) is 4.98 Å². The van der Waals surface area contributed by atoms with Crippen LogP contribution in [0.4, 0.5) is 4.39 Å². The molecule has 0 unspecified atom stereocenters. The monoisotopic (exact) mass is 203 g/mol. The van der Waals surface area contributed by atoms with E-state index in [2.05, 4.69) is 4.98 Å². The molecule has 0 bridgehead atoms. The molecule has 0 spiro atoms. The van der Waals surface area contributed by atoms with Crippen molar-refractivity contribution in [2.75, 3.05) is 0 Å². The van der Waals surface area contributed by atoms with Gasteiger partial charge in [-0.3, -0.25) is 4.79 Å². The van der Waals surface area contributed by atoms with Crippen LogP contribution in [0.5, 0.6) is 0 Å². The van der Waals surface area contributed by atoms with Crippen LogP contribution < -0.4 is 0 Å². The molecule has 0 radical (unpaired) electrons. The van der Waals surface area contributed by atoms with Crippen LogP contribution in [-0.2, 0) is 4.79 Å². The van der Waals surface area contributed by atoms with E-state index in [-0.39, 0.29) is 11.6 Å². The number of hydrogen-bond donors (Lipinski definition) is 1. The van der Waals surface area contributed by atoms with Crippen molar-refractivity contribution in [3.8, 4) is 0 Å². The van der Waals surface area contributed by atoms with Crippen LogP contribution in [0.1, 0.15) is 12.5 Å². The number of aromatic nitrogens is 1. The molecule has 2 aromatic rings. The topological polar surface area (TPSA) is 32.9 Å². The number of carbonyl (C=O) groups excluding carboxylic acids is 1. The molecule has 2 rings (SSSR count). The molecule has 1 N–H and O–H groups in total. The molecule has 0 aliphatic carbocycles. The molecule has 1 aromatic carbocycles. The fourth-order valence-corrected chi connectivity index (χ4v) is 1.50. The predicted octanol–water partition coefficient (Wildman–Crippen LogP) is 2.91. The highest BCUT2D eigenvalue weighted by Crippen LogP contribution is 2.20. The van der Waals surface area contributed by atoms with E-state index in [0.29, 0.717) is 5.56 Å². The largest absolute Gasteiger partial charge is 0.361 e. The third kappa shape index (κ3) is 1.96. The SMILES string of the molecule is CC(=O)C=Cc1cc(F)cc2cc[nH]c12. The lowest BCUT2D eigenvalue weighted by Crippen LogP contribution is -1.83. The summed E-state index contributed by atoms with van der Waals surface area (Å²) < 4.78 is 13.2. The van der Waals surface area contributed by atoms with Crippen LogP contribution in [-0.4, -0.2) is 10.8 Å². The van der Waals surface area contributed by atoms with E-state index in [4.69, 9.17) is 0 Å². The van der Waals surface area contributed by atoms with Crippen molar-refractivity contribution >= 4 is 22.8 Å². The lowest BCUT2D eigenvalue weighted by atomic mass is 10.1. The minimum Gasteiger partial charge on any atom is -0.361 e. The first-order chi connectivity index (χ1) is 7.16. The van der Waals surface area contributed by atoms with E-state index in [0.717, 1.165) is 10.9 Å². The van der Waals surface area contributed by atoms with Gasteiger partial charge >= 0.3 is 0 Å². The number of carbonyl (C=O) groups is 1. The summed E-state index contributed by atoms with van der Waals surface area (Å²) in [6, 6.07) is 4.65. The molecule has 0 saturated heterocycles. The normalized spacial score (nSPS) is 11.3. The van der Waals surface area contributed by atoms with E-state index < -0.39 is 0 Å². The van der Waals surface area contributed by atoms with Gasteiger partial charge in [0.25, 0.3) is 0 Å². The molecule has 1 heterocycles. The zero-order chi connectivity index (χ0) is 10.8. The van der Waals surface area contributed by atoms with Gasteiger partial charge in [0.15, 0.2) is 5.78 Å². The number of hydrogen-bond acceptors (Lipinski definition) is 1. The summed E-state index contributed by atoms with van der Waals surface area (Å²) in [7, 11) is 0. The molecule has 0 aliphatic heterocycles. The van der Waals surface area contributed by atoms with Crippen LogP contribution in [0.25, 0.3) is 17.0 Å². The van der Waals surface area contributed by atoms with Gasteiger partial charge in [-0.25, -0.2) is 4.39 Å². The summed E-state index contributed by atoms with van der Waals surface area (Å²) in [6.07, 6.45) is 4.79. The zero-order valence-corrected chi connectivity index (χ0v) is 8.25. The Morgan fingerprint density at radius 2 is 2.27 bits per heavy atom. The number of benzene rings is 1. The number of aromatic amines is 1. The van der Waals surface area contributed by atoms with Gasteiger partial charge in [-0.2, -0.15) is 0 Å². The van der Waals surface area contributed by atoms with Gasteiger partial charge in [0.2, 0.25) is 0 Å². The second kappa shape index (κ2) is 3.69. The average molecular weight is 203 g/mol. The van der Waals surface area contributed by atoms with Crippen LogP contribution in [0, 0.1) is 5.82 Å². The van der Waals surface area contributed by atoms with Crippen LogP contribution in [0.3, 0.4) is 0 Å². The predicted molar refractivity (Wildman–Crippen MR) is 58.0 cm³/mol. The van der Waals surface area contributed by atoms with Crippen LogP contribution in [0.2, 0.25) is 0 Å². The molecule has 0 saturated carbocycles. The maximum Gasteiger partial charge on any atom is 0.152 e. The third-order valence-corrected chi connectivity index (χ3v) is 2.15. The van der Waals surface area contributed by atoms with Crippen LogP contribution in [0.15, 0.2) is 30.5 Å². The number of ketones is 1. The summed E-state index contributed by atoms with van der Waals surface area (Å²) >= 11 is 0. The third-order valence-electron chi connectivity index (χ3n) is 2.15. The number of nitrogens with one attached hydrogen (secondary N) is 1. The lowest BCUT2D eigenvalue weighted by Gasteiger charge is -1.97. The second-order valence-corrected chi connectivity index (χ2v) is 3.38. The van der Waals surface area contributed by atoms with Crippen molar-refractivity contribution in [3.63, 3.8) is 0 Å². The lowest BCUT2D eigenvalue weighted by molar-refractivity contribution is -0.112. The molecule has 15 heavy (non-hydrogen) atoms. The van der Waals surface area contributed by atoms with E-state index >= 15 is 0 Å². The van der Waals surface area contributed by atoms with E-state index in [1.165, 1.54) is 25.1 Å². The molecule has 3 heteroatoms. The van der Waals surface area contributed by atoms with Gasteiger partial charge in [-0.1, -0.05) is 0 Å². The van der Waals surface area contributed by atoms with Crippen LogP contribution >= 0.6 is 0 Å². The van der Waals surface area contributed by atoms with Crippen molar-refractivity contribution in [2.45, 2.75) is 6.92 Å². The van der Waals surface area contributed by atoms with Crippen molar-refractivity contribution in [2.24, 2.45) is 0 Å². The molecular formula is C12H10FNO. The average Bonchev–Trinajstić information content (AvgIpc) is 2.61. The Hall–Kier alpha value is -1.90. The highest BCUT2D eigenvalue weighted by atomic mass is 19.1. The number of halogens is 1. The Kier molecular flexibility index (Phi) is 2.37. The van der Waals surface area contributed by atoms with E-state index in [1.807, 2.05) is 0 Å². The highest BCUT2D eigenvalue weighted by Gasteiger charge is 2.02. The number of rotatable bonds is 2. The fourth-order valence-electron chi connectivity index (χ4n) is 1.50.